The minimum Gasteiger partial charge on any atom is -0.267 e. The molecule has 8 nitrogen and oxygen atoms in total. The molecule has 0 unspecified atom stereocenters. The number of rotatable bonds is 3. The fraction of sp³-hybridized carbons (Fsp3) is 0.0714. The van der Waals surface area contributed by atoms with Crippen LogP contribution in [0.3, 0.4) is 0 Å². The Bertz CT molecular complexity index is 804. The minimum atomic E-state index is -4.63. The van der Waals surface area contributed by atoms with Crippen molar-refractivity contribution in [3.05, 3.63) is 69.5 Å². The molecule has 0 radical (unpaired) electrons. The Balaban J connectivity index is 1.97. The molecule has 1 aromatic carbocycles. The molecule has 130 valence electrons. The lowest BCUT2D eigenvalue weighted by Crippen LogP contribution is -2.41. The van der Waals surface area contributed by atoms with Crippen LogP contribution < -0.4 is 10.9 Å². The van der Waals surface area contributed by atoms with Crippen LogP contribution >= 0.6 is 0 Å². The summed E-state index contributed by atoms with van der Waals surface area (Å²) in [7, 11) is 0. The van der Waals surface area contributed by atoms with Crippen LogP contribution in [0.1, 0.15) is 26.4 Å². The third-order valence-electron chi connectivity index (χ3n) is 2.95. The molecule has 2 aromatic rings. The highest BCUT2D eigenvalue weighted by Crippen LogP contribution is 2.27. The van der Waals surface area contributed by atoms with Crippen molar-refractivity contribution in [1.82, 2.24) is 15.8 Å². The molecular weight excluding hydrogens is 345 g/mol. The number of pyridine rings is 1. The van der Waals surface area contributed by atoms with E-state index in [1.165, 1.54) is 12.1 Å². The molecule has 0 saturated carbocycles. The standard InChI is InChI=1S/C14H9F3N4O4/c15-14(16,17)11-6-3-9(7-18-11)13(23)20-19-12(22)8-1-4-10(5-2-8)21(24)25/h1-7H,(H,19,22)(H,20,23). The van der Waals surface area contributed by atoms with E-state index >= 15 is 0 Å². The van der Waals surface area contributed by atoms with Crippen LogP contribution in [0.5, 0.6) is 0 Å². The fourth-order valence-electron chi connectivity index (χ4n) is 1.69. The number of nitrogens with zero attached hydrogens (tertiary/aromatic N) is 2. The Morgan fingerprint density at radius 3 is 1.92 bits per heavy atom. The maximum Gasteiger partial charge on any atom is 0.433 e. The van der Waals surface area contributed by atoms with Crippen LogP contribution in [0.4, 0.5) is 18.9 Å². The molecule has 2 amide bonds. The van der Waals surface area contributed by atoms with E-state index in [2.05, 4.69) is 4.98 Å². The van der Waals surface area contributed by atoms with Gasteiger partial charge in [0.05, 0.1) is 10.5 Å². The highest BCUT2D eigenvalue weighted by Gasteiger charge is 2.32. The quantitative estimate of drug-likeness (QED) is 0.647. The molecule has 1 aromatic heterocycles. The number of hydrogen-bond acceptors (Lipinski definition) is 5. The second kappa shape index (κ2) is 6.95. The van der Waals surface area contributed by atoms with E-state index in [1.807, 2.05) is 10.9 Å². The monoisotopic (exact) mass is 354 g/mol. The minimum absolute atomic E-state index is 0.0384. The van der Waals surface area contributed by atoms with Crippen LogP contribution in [-0.2, 0) is 6.18 Å². The number of aromatic nitrogens is 1. The maximum atomic E-state index is 12.4. The van der Waals surface area contributed by atoms with Gasteiger partial charge in [0.15, 0.2) is 0 Å². The van der Waals surface area contributed by atoms with Crippen molar-refractivity contribution in [1.29, 1.82) is 0 Å². The first-order valence-electron chi connectivity index (χ1n) is 6.57. The van der Waals surface area contributed by atoms with Gasteiger partial charge in [-0.1, -0.05) is 0 Å². The van der Waals surface area contributed by atoms with Crippen molar-refractivity contribution in [2.45, 2.75) is 6.18 Å². The zero-order valence-electron chi connectivity index (χ0n) is 12.2. The van der Waals surface area contributed by atoms with Crippen molar-refractivity contribution in [2.24, 2.45) is 0 Å². The van der Waals surface area contributed by atoms with Crippen LogP contribution in [0, 0.1) is 10.1 Å². The van der Waals surface area contributed by atoms with Crippen LogP contribution in [0.25, 0.3) is 0 Å². The van der Waals surface area contributed by atoms with Crippen LogP contribution in [0.2, 0.25) is 0 Å². The lowest BCUT2D eigenvalue weighted by Gasteiger charge is -2.08. The SMILES string of the molecule is O=C(NNC(=O)c1ccc(C(F)(F)F)nc1)c1ccc([N+](=O)[O-])cc1. The first-order valence-corrected chi connectivity index (χ1v) is 6.57. The number of carbonyl (C=O) groups is 2. The molecule has 0 bridgehead atoms. The molecular formula is C14H9F3N4O4. The predicted octanol–water partition coefficient (Wildman–Crippen LogP) is 2.08. The van der Waals surface area contributed by atoms with Gasteiger partial charge in [-0.05, 0) is 24.3 Å². The highest BCUT2D eigenvalue weighted by molar-refractivity contribution is 5.99. The van der Waals surface area contributed by atoms with Crippen molar-refractivity contribution in [2.75, 3.05) is 0 Å². The van der Waals surface area contributed by atoms with Gasteiger partial charge in [0.1, 0.15) is 5.69 Å². The third kappa shape index (κ3) is 4.50. The number of nitro benzene ring substituents is 1. The number of non-ortho nitro benzene ring substituents is 1. The van der Waals surface area contributed by atoms with E-state index < -0.39 is 28.6 Å². The molecule has 0 spiro atoms. The molecule has 0 saturated heterocycles. The Morgan fingerprint density at radius 1 is 0.960 bits per heavy atom. The molecule has 1 heterocycles. The Labute approximate surface area is 137 Å². The second-order valence-corrected chi connectivity index (χ2v) is 4.64. The van der Waals surface area contributed by atoms with Crippen LogP contribution in [0.15, 0.2) is 42.6 Å². The zero-order valence-corrected chi connectivity index (χ0v) is 12.2. The normalized spacial score (nSPS) is 10.8. The zero-order chi connectivity index (χ0) is 18.6. The smallest absolute Gasteiger partial charge is 0.267 e. The lowest BCUT2D eigenvalue weighted by atomic mass is 10.2. The van der Waals surface area contributed by atoms with Gasteiger partial charge in [-0.15, -0.1) is 0 Å². The number of nitro groups is 1. The number of carbonyl (C=O) groups excluding carboxylic acids is 2. The molecule has 0 aliphatic heterocycles. The van der Waals surface area contributed by atoms with E-state index in [1.54, 1.807) is 0 Å². The number of benzene rings is 1. The van der Waals surface area contributed by atoms with E-state index in [4.69, 9.17) is 0 Å². The summed E-state index contributed by atoms with van der Waals surface area (Å²) < 4.78 is 37.1. The Kier molecular flexibility index (Phi) is 4.96. The second-order valence-electron chi connectivity index (χ2n) is 4.64. The van der Waals surface area contributed by atoms with Crippen molar-refractivity contribution >= 4 is 17.5 Å². The first kappa shape index (κ1) is 17.8. The fourth-order valence-corrected chi connectivity index (χ4v) is 1.69. The summed E-state index contributed by atoms with van der Waals surface area (Å²) in [5.74, 6) is -1.64. The number of halogens is 3. The van der Waals surface area contributed by atoms with E-state index in [0.717, 1.165) is 24.4 Å². The first-order chi connectivity index (χ1) is 11.7. The van der Waals surface area contributed by atoms with Gasteiger partial charge in [-0.25, -0.2) is 0 Å². The molecule has 0 fully saturated rings. The number of hydrogen-bond donors (Lipinski definition) is 2. The summed E-state index contributed by atoms with van der Waals surface area (Å²) in [6.07, 6.45) is -3.91. The largest absolute Gasteiger partial charge is 0.433 e. The lowest BCUT2D eigenvalue weighted by molar-refractivity contribution is -0.384. The number of alkyl halides is 3. The number of nitrogens with one attached hydrogen (secondary N) is 2. The van der Waals surface area contributed by atoms with Crippen molar-refractivity contribution in [3.8, 4) is 0 Å². The third-order valence-corrected chi connectivity index (χ3v) is 2.95. The molecule has 0 aliphatic rings. The van der Waals surface area contributed by atoms with Gasteiger partial charge in [0, 0.05) is 23.9 Å². The number of amides is 2. The summed E-state index contributed by atoms with van der Waals surface area (Å²) in [6.45, 7) is 0. The maximum absolute atomic E-state index is 12.4. The molecule has 2 rings (SSSR count). The number of hydrazine groups is 1. The average molecular weight is 354 g/mol. The van der Waals surface area contributed by atoms with Crippen molar-refractivity contribution < 1.29 is 27.7 Å². The van der Waals surface area contributed by atoms with Gasteiger partial charge < -0.3 is 0 Å². The molecule has 11 heteroatoms. The summed E-state index contributed by atoms with van der Waals surface area (Å²) >= 11 is 0. The summed E-state index contributed by atoms with van der Waals surface area (Å²) in [5.41, 5.74) is 2.51. The topological polar surface area (TPSA) is 114 Å². The Hall–Kier alpha value is -3.50. The van der Waals surface area contributed by atoms with Gasteiger partial charge in [0.2, 0.25) is 0 Å². The molecule has 25 heavy (non-hydrogen) atoms. The van der Waals surface area contributed by atoms with Gasteiger partial charge in [0.25, 0.3) is 17.5 Å². The average Bonchev–Trinajstić information content (AvgIpc) is 2.58. The van der Waals surface area contributed by atoms with E-state index in [-0.39, 0.29) is 16.8 Å². The highest BCUT2D eigenvalue weighted by atomic mass is 19.4. The Morgan fingerprint density at radius 2 is 1.48 bits per heavy atom. The van der Waals surface area contributed by atoms with Crippen molar-refractivity contribution in [3.63, 3.8) is 0 Å². The van der Waals surface area contributed by atoms with Gasteiger partial charge in [-0.3, -0.25) is 35.5 Å². The summed E-state index contributed by atoms with van der Waals surface area (Å²) in [4.78, 5) is 36.5. The van der Waals surface area contributed by atoms with Gasteiger partial charge in [-0.2, -0.15) is 13.2 Å². The summed E-state index contributed by atoms with van der Waals surface area (Å²) in [6, 6.07) is 6.11. The predicted molar refractivity (Wildman–Crippen MR) is 77.3 cm³/mol. The van der Waals surface area contributed by atoms with E-state index in [0.29, 0.717) is 6.07 Å². The molecule has 0 atom stereocenters. The molecule has 0 aliphatic carbocycles. The summed E-state index contributed by atoms with van der Waals surface area (Å²) in [5, 5.41) is 10.5. The van der Waals surface area contributed by atoms with Crippen LogP contribution in [-0.4, -0.2) is 21.7 Å². The van der Waals surface area contributed by atoms with E-state index in [9.17, 15) is 32.9 Å². The molecule has 2 N–H and O–H groups in total. The van der Waals surface area contributed by atoms with Gasteiger partial charge >= 0.3 is 6.18 Å².